The van der Waals surface area contributed by atoms with E-state index in [2.05, 4.69) is 172 Å². The summed E-state index contributed by atoms with van der Waals surface area (Å²) in [6, 6.07) is 55.2. The van der Waals surface area contributed by atoms with Gasteiger partial charge in [0.05, 0.1) is 0 Å². The topological polar surface area (TPSA) is 0 Å². The molecule has 8 aromatic rings. The molecular formula is C51H42Cl2Hf. The molecule has 3 aliphatic rings. The van der Waals surface area contributed by atoms with Gasteiger partial charge < -0.3 is 0 Å². The maximum Gasteiger partial charge on any atom is -0.147 e. The smallest absolute Gasteiger partial charge is 0.147 e. The van der Waals surface area contributed by atoms with E-state index in [1.54, 1.807) is 22.3 Å². The number of fused-ring (bicyclic) bond motifs is 6. The van der Waals surface area contributed by atoms with Crippen LogP contribution in [0.1, 0.15) is 49.9 Å². The van der Waals surface area contributed by atoms with Crippen LogP contribution in [0.4, 0.5) is 0 Å². The van der Waals surface area contributed by atoms with Crippen LogP contribution in [0.2, 0.25) is 8.35 Å². The van der Waals surface area contributed by atoms with Crippen LogP contribution in [0.25, 0.3) is 77.5 Å². The van der Waals surface area contributed by atoms with Crippen molar-refractivity contribution >= 4 is 80.1 Å². The summed E-state index contributed by atoms with van der Waals surface area (Å²) in [5.74, 6) is 0. The number of rotatable bonds is 4. The molecule has 0 amide bonds. The Bertz CT molecular complexity index is 2580. The van der Waals surface area contributed by atoms with E-state index in [0.29, 0.717) is 7.35 Å². The maximum absolute atomic E-state index is 3.14. The molecule has 0 bridgehead atoms. The van der Waals surface area contributed by atoms with Gasteiger partial charge in [0.25, 0.3) is 0 Å². The van der Waals surface area contributed by atoms with Crippen LogP contribution >= 0.6 is 24.8 Å². The third-order valence-electron chi connectivity index (χ3n) is 13.1. The van der Waals surface area contributed by atoms with Crippen molar-refractivity contribution in [3.8, 4) is 22.3 Å². The van der Waals surface area contributed by atoms with Gasteiger partial charge in [0.1, 0.15) is 0 Å². The minimum atomic E-state index is -3.14. The van der Waals surface area contributed by atoms with E-state index in [9.17, 15) is 0 Å². The summed E-state index contributed by atoms with van der Waals surface area (Å²) in [4.78, 5) is 0. The first kappa shape index (κ1) is 35.4. The summed E-state index contributed by atoms with van der Waals surface area (Å²) in [6.07, 6.45) is 6.61. The Hall–Kier alpha value is -4.27. The average Bonchev–Trinajstić information content (AvgIpc) is 3.68. The maximum atomic E-state index is 2.61. The van der Waals surface area contributed by atoms with E-state index in [0.717, 1.165) is 0 Å². The molecule has 2 aliphatic carbocycles. The number of benzene rings is 8. The molecule has 8 aromatic carbocycles. The van der Waals surface area contributed by atoms with Crippen LogP contribution in [-0.4, -0.2) is 0 Å². The van der Waals surface area contributed by atoms with Crippen molar-refractivity contribution in [2.24, 2.45) is 0 Å². The molecule has 11 rings (SSSR count). The molecule has 0 spiro atoms. The van der Waals surface area contributed by atoms with Gasteiger partial charge in [0.15, 0.2) is 0 Å². The van der Waals surface area contributed by atoms with Gasteiger partial charge >= 0.3 is 312 Å². The second-order valence-electron chi connectivity index (χ2n) is 15.7. The number of hydrogen-bond donors (Lipinski definition) is 0. The molecule has 2 unspecified atom stereocenters. The third kappa shape index (κ3) is 5.05. The molecule has 1 saturated heterocycles. The molecule has 54 heavy (non-hydrogen) atoms. The number of halogens is 2. The van der Waals surface area contributed by atoms with E-state index in [1.807, 2.05) is 0 Å². The van der Waals surface area contributed by atoms with E-state index < -0.39 is 20.0 Å². The molecule has 0 radical (unpaired) electrons. The van der Waals surface area contributed by atoms with Gasteiger partial charge in [-0.3, -0.25) is 0 Å². The summed E-state index contributed by atoms with van der Waals surface area (Å²) in [6.45, 7) is 4.95. The zero-order valence-electron chi connectivity index (χ0n) is 30.6. The Morgan fingerprint density at radius 1 is 0.426 bits per heavy atom. The monoisotopic (exact) mass is 904 g/mol. The Morgan fingerprint density at radius 2 is 0.778 bits per heavy atom. The molecule has 3 heteroatoms. The third-order valence-corrected chi connectivity index (χ3v) is 36.1. The van der Waals surface area contributed by atoms with Crippen LogP contribution in [-0.2, 0) is 20.0 Å². The quantitative estimate of drug-likeness (QED) is 0.122. The summed E-state index contributed by atoms with van der Waals surface area (Å²) in [5, 5.41) is 10.7. The fraction of sp³-hybridized carbons (Fsp3) is 0.137. The van der Waals surface area contributed by atoms with Gasteiger partial charge in [0, 0.05) is 0 Å². The Balaban J connectivity index is 0.00000192. The Labute approximate surface area is 334 Å². The van der Waals surface area contributed by atoms with Crippen LogP contribution in [0, 0.1) is 0 Å². The van der Waals surface area contributed by atoms with E-state index in [1.165, 1.54) is 91.2 Å². The minimum Gasteiger partial charge on any atom is -0.147 e. The Morgan fingerprint density at radius 3 is 1.11 bits per heavy atom. The molecule has 1 fully saturated rings. The number of hydrogen-bond acceptors (Lipinski definition) is 0. The van der Waals surface area contributed by atoms with Gasteiger partial charge in [-0.2, -0.15) is 0 Å². The zero-order chi connectivity index (χ0) is 34.6. The normalized spacial score (nSPS) is 18.0. The van der Waals surface area contributed by atoms with Gasteiger partial charge in [-0.25, -0.2) is 0 Å². The van der Waals surface area contributed by atoms with Gasteiger partial charge in [-0.1, -0.05) is 0 Å². The predicted octanol–water partition coefficient (Wildman–Crippen LogP) is 15.5. The second-order valence-corrected chi connectivity index (χ2v) is 32.3. The standard InChI is InChI=1S/2C24H17.C3H6.2ClH.Hf/c2*1-16-13-17-9-6-12-22(23(17)14-16)24-20-10-4-2-7-18(20)15-19-8-3-5-11-21(19)24;1-3-2;;;/h2*2-15H,1H3;1-3H2;2*1H;. The van der Waals surface area contributed by atoms with E-state index in [4.69, 9.17) is 0 Å². The SMILES string of the molecule is CC1=Cc2c(-c3c4ccccc4cc4ccccc34)cccc2[CH]1[Hf]1([CH]2C(C)=Cc3c(-c4c5ccccc5cc5ccccc45)cccc32)[CH2]C[CH2]1.Cl.Cl. The first-order valence-electron chi connectivity index (χ1n) is 19.0. The summed E-state index contributed by atoms with van der Waals surface area (Å²) in [5.41, 5.74) is 15.0. The number of allylic oxidation sites excluding steroid dienone is 2. The van der Waals surface area contributed by atoms with Crippen molar-refractivity contribution in [3.63, 3.8) is 0 Å². The molecule has 0 N–H and O–H groups in total. The fourth-order valence-corrected chi connectivity index (χ4v) is 33.9. The van der Waals surface area contributed by atoms with Crippen LogP contribution in [0.3, 0.4) is 0 Å². The first-order valence-corrected chi connectivity index (χ1v) is 28.3. The predicted molar refractivity (Wildman–Crippen MR) is 235 cm³/mol. The molecule has 0 saturated carbocycles. The van der Waals surface area contributed by atoms with Crippen LogP contribution in [0.5, 0.6) is 0 Å². The molecule has 1 heterocycles. The van der Waals surface area contributed by atoms with Crippen molar-refractivity contribution in [1.29, 1.82) is 0 Å². The average molecular weight is 904 g/mol. The summed E-state index contributed by atoms with van der Waals surface area (Å²) in [7, 11) is 0. The van der Waals surface area contributed by atoms with E-state index >= 15 is 0 Å². The van der Waals surface area contributed by atoms with Gasteiger partial charge in [0.2, 0.25) is 0 Å². The van der Waals surface area contributed by atoms with Crippen molar-refractivity contribution in [2.45, 2.75) is 36.0 Å². The van der Waals surface area contributed by atoms with Crippen LogP contribution in [0.15, 0.2) is 157 Å². The molecule has 2 atom stereocenters. The second kappa shape index (κ2) is 13.5. The summed E-state index contributed by atoms with van der Waals surface area (Å²) < 4.78 is 4.17. The molecular weight excluding hydrogens is 862 g/mol. The van der Waals surface area contributed by atoms with Crippen molar-refractivity contribution < 1.29 is 20.0 Å². The fourth-order valence-electron chi connectivity index (χ4n) is 11.0. The van der Waals surface area contributed by atoms with Crippen LogP contribution < -0.4 is 0 Å². The molecule has 1 aliphatic heterocycles. The van der Waals surface area contributed by atoms with Crippen molar-refractivity contribution in [2.75, 3.05) is 0 Å². The minimum absolute atomic E-state index is 0. The van der Waals surface area contributed by atoms with Gasteiger partial charge in [-0.15, -0.1) is 24.8 Å². The van der Waals surface area contributed by atoms with Gasteiger partial charge in [-0.05, 0) is 0 Å². The zero-order valence-corrected chi connectivity index (χ0v) is 35.8. The largest absolute Gasteiger partial charge is 0.147 e. The van der Waals surface area contributed by atoms with Crippen molar-refractivity contribution in [3.05, 3.63) is 179 Å². The summed E-state index contributed by atoms with van der Waals surface area (Å²) >= 11 is -3.14. The Kier molecular flexibility index (Phi) is 8.85. The first-order chi connectivity index (χ1) is 25.6. The molecule has 0 nitrogen and oxygen atoms in total. The molecule has 0 aromatic heterocycles. The van der Waals surface area contributed by atoms with E-state index in [-0.39, 0.29) is 24.8 Å². The van der Waals surface area contributed by atoms with Crippen molar-refractivity contribution in [1.82, 2.24) is 0 Å². The molecule has 264 valence electrons.